The van der Waals surface area contributed by atoms with Crippen LogP contribution in [0.15, 0.2) is 60.7 Å². The number of nitrogens with one attached hydrogen (secondary N) is 1. The number of aryl methyl sites for hydroxylation is 3. The maximum atomic E-state index is 5.86. The van der Waals surface area contributed by atoms with Gasteiger partial charge < -0.3 is 11.1 Å². The van der Waals surface area contributed by atoms with E-state index in [0.717, 1.165) is 36.5 Å². The van der Waals surface area contributed by atoms with E-state index in [1.165, 1.54) is 11.1 Å². The van der Waals surface area contributed by atoms with Crippen LogP contribution in [0.3, 0.4) is 0 Å². The van der Waals surface area contributed by atoms with Crippen molar-refractivity contribution >= 4 is 17.5 Å². The Morgan fingerprint density at radius 1 is 0.917 bits per heavy atom. The van der Waals surface area contributed by atoms with Gasteiger partial charge >= 0.3 is 0 Å². The molecular weight excluding hydrogens is 296 g/mol. The van der Waals surface area contributed by atoms with Crippen LogP contribution < -0.4 is 11.1 Å². The number of nitrogens with zero attached hydrogens (tertiary/aromatic N) is 2. The minimum absolute atomic E-state index is 0.307. The summed E-state index contributed by atoms with van der Waals surface area (Å²) >= 11 is 0. The Bertz CT molecular complexity index is 782. The van der Waals surface area contributed by atoms with Crippen molar-refractivity contribution in [2.75, 3.05) is 11.1 Å². The molecule has 3 rings (SSSR count). The topological polar surface area (TPSA) is 63.8 Å². The summed E-state index contributed by atoms with van der Waals surface area (Å²) in [5, 5.41) is 3.29. The average Bonchev–Trinajstić information content (AvgIpc) is 2.57. The first-order chi connectivity index (χ1) is 11.7. The summed E-state index contributed by atoms with van der Waals surface area (Å²) in [6.07, 6.45) is 2.94. The van der Waals surface area contributed by atoms with Crippen LogP contribution in [-0.4, -0.2) is 9.97 Å². The normalized spacial score (nSPS) is 10.5. The first-order valence-corrected chi connectivity index (χ1v) is 8.20. The second kappa shape index (κ2) is 7.59. The molecule has 0 radical (unpaired) electrons. The van der Waals surface area contributed by atoms with E-state index in [2.05, 4.69) is 58.6 Å². The van der Waals surface area contributed by atoms with Crippen molar-refractivity contribution in [3.63, 3.8) is 0 Å². The van der Waals surface area contributed by atoms with Gasteiger partial charge in [0.15, 0.2) is 0 Å². The molecule has 122 valence electrons. The van der Waals surface area contributed by atoms with Crippen LogP contribution in [0.4, 0.5) is 17.5 Å². The predicted octanol–water partition coefficient (Wildman–Crippen LogP) is 4.29. The highest BCUT2D eigenvalue weighted by Crippen LogP contribution is 2.17. The molecule has 0 fully saturated rings. The smallest absolute Gasteiger partial charge is 0.222 e. The van der Waals surface area contributed by atoms with Gasteiger partial charge in [-0.25, -0.2) is 4.98 Å². The summed E-state index contributed by atoms with van der Waals surface area (Å²) in [4.78, 5) is 8.62. The lowest BCUT2D eigenvalue weighted by atomic mass is 10.1. The van der Waals surface area contributed by atoms with Gasteiger partial charge in [0.25, 0.3) is 0 Å². The Kier molecular flexibility index (Phi) is 5.06. The third kappa shape index (κ3) is 4.56. The zero-order valence-corrected chi connectivity index (χ0v) is 13.9. The van der Waals surface area contributed by atoms with E-state index in [4.69, 9.17) is 5.73 Å². The maximum absolute atomic E-state index is 5.86. The zero-order valence-electron chi connectivity index (χ0n) is 13.9. The van der Waals surface area contributed by atoms with Gasteiger partial charge in [-0.05, 0) is 43.9 Å². The summed E-state index contributed by atoms with van der Waals surface area (Å²) in [6.45, 7) is 2.07. The number of aromatic nitrogens is 2. The molecule has 4 heteroatoms. The third-order valence-electron chi connectivity index (χ3n) is 3.86. The summed E-state index contributed by atoms with van der Waals surface area (Å²) in [7, 11) is 0. The summed E-state index contributed by atoms with van der Waals surface area (Å²) in [5.41, 5.74) is 10.4. The molecule has 0 atom stereocenters. The van der Waals surface area contributed by atoms with Crippen molar-refractivity contribution in [2.45, 2.75) is 26.2 Å². The first kappa shape index (κ1) is 16.0. The first-order valence-electron chi connectivity index (χ1n) is 8.20. The molecule has 0 saturated carbocycles. The molecule has 0 unspecified atom stereocenters. The second-order valence-electron chi connectivity index (χ2n) is 5.93. The second-order valence-corrected chi connectivity index (χ2v) is 5.93. The molecule has 0 bridgehead atoms. The van der Waals surface area contributed by atoms with Crippen LogP contribution in [-0.2, 0) is 12.8 Å². The lowest BCUT2D eigenvalue weighted by Gasteiger charge is -2.09. The Hall–Kier alpha value is -2.88. The van der Waals surface area contributed by atoms with E-state index in [1.54, 1.807) is 0 Å². The quantitative estimate of drug-likeness (QED) is 0.712. The molecule has 2 aromatic carbocycles. The Morgan fingerprint density at radius 3 is 2.42 bits per heavy atom. The minimum atomic E-state index is 0.307. The fraction of sp³-hybridized carbons (Fsp3) is 0.200. The number of nitrogen functional groups attached to an aromatic ring is 1. The lowest BCUT2D eigenvalue weighted by Crippen LogP contribution is -2.04. The van der Waals surface area contributed by atoms with E-state index in [-0.39, 0.29) is 0 Å². The number of hydrogen-bond acceptors (Lipinski definition) is 4. The molecule has 1 aromatic heterocycles. The number of benzene rings is 2. The number of anilines is 3. The molecule has 0 spiro atoms. The van der Waals surface area contributed by atoms with Gasteiger partial charge in [-0.2, -0.15) is 4.98 Å². The number of hydrogen-bond donors (Lipinski definition) is 2. The maximum Gasteiger partial charge on any atom is 0.222 e. The molecule has 0 aliphatic carbocycles. The lowest BCUT2D eigenvalue weighted by molar-refractivity contribution is 0.797. The van der Waals surface area contributed by atoms with Gasteiger partial charge in [-0.1, -0.05) is 48.0 Å². The van der Waals surface area contributed by atoms with Crippen molar-refractivity contribution in [3.05, 3.63) is 77.5 Å². The van der Waals surface area contributed by atoms with E-state index in [1.807, 2.05) is 24.3 Å². The molecular formula is C20H22N4. The molecule has 0 amide bonds. The van der Waals surface area contributed by atoms with E-state index >= 15 is 0 Å². The largest absolute Gasteiger partial charge is 0.368 e. The molecule has 0 aliphatic rings. The standard InChI is InChI=1S/C20H22N4/c1-15-10-12-17(13-11-15)22-19-14-18(23-20(21)24-19)9-5-8-16-6-3-2-4-7-16/h2-4,6-7,10-14H,5,8-9H2,1H3,(H3,21,22,23,24). The van der Waals surface area contributed by atoms with Crippen LogP contribution in [0.5, 0.6) is 0 Å². The molecule has 4 nitrogen and oxygen atoms in total. The third-order valence-corrected chi connectivity index (χ3v) is 3.86. The summed E-state index contributed by atoms with van der Waals surface area (Å²) in [6, 6.07) is 20.6. The highest BCUT2D eigenvalue weighted by molar-refractivity contribution is 5.57. The van der Waals surface area contributed by atoms with Crippen molar-refractivity contribution in [1.82, 2.24) is 9.97 Å². The highest BCUT2D eigenvalue weighted by Gasteiger charge is 2.04. The number of nitrogens with two attached hydrogens (primary N) is 1. The van der Waals surface area contributed by atoms with E-state index in [9.17, 15) is 0 Å². The number of rotatable bonds is 6. The van der Waals surface area contributed by atoms with Gasteiger partial charge in [-0.3, -0.25) is 0 Å². The van der Waals surface area contributed by atoms with Crippen LogP contribution in [0.1, 0.15) is 23.2 Å². The fourth-order valence-electron chi connectivity index (χ4n) is 2.61. The fourth-order valence-corrected chi connectivity index (χ4v) is 2.61. The van der Waals surface area contributed by atoms with Crippen molar-refractivity contribution in [1.29, 1.82) is 0 Å². The van der Waals surface area contributed by atoms with Crippen LogP contribution in [0, 0.1) is 6.92 Å². The van der Waals surface area contributed by atoms with Gasteiger partial charge in [0.2, 0.25) is 5.95 Å². The molecule has 3 aromatic rings. The van der Waals surface area contributed by atoms with Crippen LogP contribution in [0.2, 0.25) is 0 Å². The molecule has 0 aliphatic heterocycles. The summed E-state index contributed by atoms with van der Waals surface area (Å²) in [5.74, 6) is 1.04. The van der Waals surface area contributed by atoms with Crippen LogP contribution >= 0.6 is 0 Å². The van der Waals surface area contributed by atoms with Crippen LogP contribution in [0.25, 0.3) is 0 Å². The van der Waals surface area contributed by atoms with Gasteiger partial charge in [-0.15, -0.1) is 0 Å². The van der Waals surface area contributed by atoms with Crippen molar-refractivity contribution < 1.29 is 0 Å². The Labute approximate surface area is 142 Å². The van der Waals surface area contributed by atoms with Gasteiger partial charge in [0.1, 0.15) is 5.82 Å². The van der Waals surface area contributed by atoms with Gasteiger partial charge in [0.05, 0.1) is 0 Å². The molecule has 3 N–H and O–H groups in total. The average molecular weight is 318 g/mol. The van der Waals surface area contributed by atoms with E-state index in [0.29, 0.717) is 5.95 Å². The SMILES string of the molecule is Cc1ccc(Nc2cc(CCCc3ccccc3)nc(N)n2)cc1. The van der Waals surface area contributed by atoms with Crippen molar-refractivity contribution in [2.24, 2.45) is 0 Å². The highest BCUT2D eigenvalue weighted by atomic mass is 15.1. The molecule has 24 heavy (non-hydrogen) atoms. The zero-order chi connectivity index (χ0) is 16.8. The van der Waals surface area contributed by atoms with Gasteiger partial charge in [0, 0.05) is 17.4 Å². The van der Waals surface area contributed by atoms with Crippen molar-refractivity contribution in [3.8, 4) is 0 Å². The Balaban J connectivity index is 1.64. The molecule has 1 heterocycles. The monoisotopic (exact) mass is 318 g/mol. The predicted molar refractivity (Wildman–Crippen MR) is 99.4 cm³/mol. The van der Waals surface area contributed by atoms with E-state index < -0.39 is 0 Å². The summed E-state index contributed by atoms with van der Waals surface area (Å²) < 4.78 is 0. The molecule has 0 saturated heterocycles. The minimum Gasteiger partial charge on any atom is -0.368 e. The Morgan fingerprint density at radius 2 is 1.67 bits per heavy atom.